The molecule has 0 atom stereocenters. The Morgan fingerprint density at radius 2 is 1.77 bits per heavy atom. The second-order valence-corrected chi connectivity index (χ2v) is 8.50. The number of fused-ring (bicyclic) bond motifs is 1. The van der Waals surface area contributed by atoms with Gasteiger partial charge in [0.1, 0.15) is 5.75 Å². The summed E-state index contributed by atoms with van der Waals surface area (Å²) < 4.78 is 10.7. The minimum Gasteiger partial charge on any atom is -0.495 e. The van der Waals surface area contributed by atoms with Crippen LogP contribution in [0.25, 0.3) is 10.9 Å². The maximum atomic E-state index is 12.8. The number of carbonyl (C=O) groups is 2. The zero-order valence-corrected chi connectivity index (χ0v) is 18.8. The quantitative estimate of drug-likeness (QED) is 0.591. The normalized spacial score (nSPS) is 11.3. The van der Waals surface area contributed by atoms with Crippen molar-refractivity contribution in [2.75, 3.05) is 19.0 Å². The summed E-state index contributed by atoms with van der Waals surface area (Å²) in [4.78, 5) is 29.9. The average molecular weight is 421 g/mol. The number of benzene rings is 2. The van der Waals surface area contributed by atoms with Crippen molar-refractivity contribution in [3.63, 3.8) is 0 Å². The van der Waals surface area contributed by atoms with Crippen LogP contribution in [0.1, 0.15) is 48.0 Å². The molecule has 1 N–H and O–H groups in total. The fourth-order valence-corrected chi connectivity index (χ4v) is 3.35. The number of nitrogens with one attached hydrogen (secondary N) is 1. The summed E-state index contributed by atoms with van der Waals surface area (Å²) in [5.74, 6) is -0.450. The van der Waals surface area contributed by atoms with E-state index in [4.69, 9.17) is 9.47 Å². The average Bonchev–Trinajstić information content (AvgIpc) is 2.72. The van der Waals surface area contributed by atoms with E-state index in [2.05, 4.69) is 31.1 Å². The molecule has 0 radical (unpaired) electrons. The number of pyridine rings is 1. The molecule has 6 heteroatoms. The predicted octanol–water partition coefficient (Wildman–Crippen LogP) is 4.95. The van der Waals surface area contributed by atoms with E-state index in [1.165, 1.54) is 0 Å². The molecule has 31 heavy (non-hydrogen) atoms. The Bertz CT molecular complexity index is 1150. The molecule has 0 bridgehead atoms. The molecule has 3 aromatic rings. The van der Waals surface area contributed by atoms with Crippen LogP contribution in [0.3, 0.4) is 0 Å². The van der Waals surface area contributed by atoms with Gasteiger partial charge >= 0.3 is 5.97 Å². The van der Waals surface area contributed by atoms with Crippen LogP contribution in [-0.2, 0) is 14.9 Å². The molecule has 0 unspecified atom stereocenters. The van der Waals surface area contributed by atoms with Crippen LogP contribution in [-0.4, -0.2) is 30.6 Å². The molecule has 2 aromatic carbocycles. The minimum atomic E-state index is -0.551. The number of aryl methyl sites for hydroxylation is 1. The van der Waals surface area contributed by atoms with Crippen molar-refractivity contribution < 1.29 is 19.1 Å². The summed E-state index contributed by atoms with van der Waals surface area (Å²) in [5.41, 5.74) is 4.14. The fourth-order valence-electron chi connectivity index (χ4n) is 3.35. The van der Waals surface area contributed by atoms with Gasteiger partial charge in [0.15, 0.2) is 6.61 Å². The Balaban J connectivity index is 1.78. The number of esters is 1. The molecular formula is C25H28N2O4. The van der Waals surface area contributed by atoms with Crippen molar-refractivity contribution in [3.05, 3.63) is 64.8 Å². The molecule has 0 aliphatic rings. The van der Waals surface area contributed by atoms with Crippen LogP contribution in [0, 0.1) is 13.8 Å². The van der Waals surface area contributed by atoms with Crippen molar-refractivity contribution >= 4 is 28.5 Å². The predicted molar refractivity (Wildman–Crippen MR) is 122 cm³/mol. The first-order valence-corrected chi connectivity index (χ1v) is 10.1. The number of para-hydroxylation sites is 1. The molecule has 1 aromatic heterocycles. The lowest BCUT2D eigenvalue weighted by atomic mass is 9.87. The van der Waals surface area contributed by atoms with Gasteiger partial charge in [-0.2, -0.15) is 0 Å². The van der Waals surface area contributed by atoms with Crippen LogP contribution in [0.2, 0.25) is 0 Å². The van der Waals surface area contributed by atoms with Crippen molar-refractivity contribution in [3.8, 4) is 5.75 Å². The molecule has 0 spiro atoms. The van der Waals surface area contributed by atoms with Gasteiger partial charge in [0.05, 0.1) is 23.9 Å². The van der Waals surface area contributed by atoms with E-state index >= 15 is 0 Å². The fraction of sp³-hybridized carbons (Fsp3) is 0.320. The van der Waals surface area contributed by atoms with Crippen LogP contribution in [0.4, 0.5) is 5.69 Å². The monoisotopic (exact) mass is 420 g/mol. The number of hydrogen-bond donors (Lipinski definition) is 1. The highest BCUT2D eigenvalue weighted by molar-refractivity contribution is 6.06. The third kappa shape index (κ3) is 4.85. The van der Waals surface area contributed by atoms with Crippen LogP contribution >= 0.6 is 0 Å². The number of amides is 1. The van der Waals surface area contributed by atoms with Gasteiger partial charge in [-0.1, -0.05) is 45.0 Å². The van der Waals surface area contributed by atoms with Gasteiger partial charge in [-0.3, -0.25) is 9.78 Å². The Morgan fingerprint density at radius 3 is 2.45 bits per heavy atom. The van der Waals surface area contributed by atoms with Crippen LogP contribution in [0.15, 0.2) is 42.5 Å². The van der Waals surface area contributed by atoms with Crippen LogP contribution < -0.4 is 10.1 Å². The number of aromatic nitrogens is 1. The third-order valence-corrected chi connectivity index (χ3v) is 5.26. The van der Waals surface area contributed by atoms with E-state index in [0.29, 0.717) is 27.9 Å². The van der Waals surface area contributed by atoms with Gasteiger partial charge in [-0.25, -0.2) is 4.79 Å². The first-order valence-electron chi connectivity index (χ1n) is 10.1. The van der Waals surface area contributed by atoms with Gasteiger partial charge < -0.3 is 14.8 Å². The van der Waals surface area contributed by atoms with E-state index in [-0.39, 0.29) is 5.41 Å². The highest BCUT2D eigenvalue weighted by Gasteiger charge is 2.20. The number of methoxy groups -OCH3 is 1. The van der Waals surface area contributed by atoms with Gasteiger partial charge in [-0.15, -0.1) is 0 Å². The second-order valence-electron chi connectivity index (χ2n) is 8.50. The van der Waals surface area contributed by atoms with Crippen molar-refractivity contribution in [1.29, 1.82) is 0 Å². The molecule has 0 saturated heterocycles. The zero-order valence-electron chi connectivity index (χ0n) is 18.8. The molecule has 0 aliphatic carbocycles. The van der Waals surface area contributed by atoms with E-state index in [9.17, 15) is 9.59 Å². The Hall–Kier alpha value is -3.41. The highest BCUT2D eigenvalue weighted by Crippen LogP contribution is 2.31. The van der Waals surface area contributed by atoms with E-state index in [0.717, 1.165) is 16.8 Å². The molecule has 1 heterocycles. The molecule has 6 nitrogen and oxygen atoms in total. The number of anilines is 1. The molecule has 0 fully saturated rings. The Morgan fingerprint density at radius 1 is 1.06 bits per heavy atom. The first kappa shape index (κ1) is 22.3. The topological polar surface area (TPSA) is 77.5 Å². The Labute approximate surface area is 182 Å². The smallest absolute Gasteiger partial charge is 0.339 e. The lowest BCUT2D eigenvalue weighted by Gasteiger charge is -2.21. The largest absolute Gasteiger partial charge is 0.495 e. The maximum absolute atomic E-state index is 12.8. The summed E-state index contributed by atoms with van der Waals surface area (Å²) in [6.07, 6.45) is 0. The molecular weight excluding hydrogens is 392 g/mol. The zero-order chi connectivity index (χ0) is 22.8. The van der Waals surface area contributed by atoms with E-state index in [1.807, 2.05) is 56.3 Å². The molecule has 162 valence electrons. The molecule has 1 amide bonds. The second kappa shape index (κ2) is 8.76. The minimum absolute atomic E-state index is 0.0873. The Kier molecular flexibility index (Phi) is 6.29. The standard InChI is InChI=1S/C25H28N2O4/c1-15-16(2)26-19-10-8-7-9-18(19)23(15)24(29)31-14-22(28)27-20-13-17(25(3,4)5)11-12-21(20)30-6/h7-13H,14H2,1-6H3,(H,27,28). The third-order valence-electron chi connectivity index (χ3n) is 5.26. The van der Waals surface area contributed by atoms with Crippen molar-refractivity contribution in [2.45, 2.75) is 40.0 Å². The summed E-state index contributed by atoms with van der Waals surface area (Å²) >= 11 is 0. The van der Waals surface area contributed by atoms with Crippen molar-refractivity contribution in [1.82, 2.24) is 4.98 Å². The SMILES string of the molecule is COc1ccc(C(C)(C)C)cc1NC(=O)COC(=O)c1c(C)c(C)nc2ccccc12. The molecule has 3 rings (SSSR count). The van der Waals surface area contributed by atoms with Crippen LogP contribution in [0.5, 0.6) is 5.75 Å². The summed E-state index contributed by atoms with van der Waals surface area (Å²) in [6, 6.07) is 13.0. The van der Waals surface area contributed by atoms with Gasteiger partial charge in [-0.05, 0) is 48.6 Å². The van der Waals surface area contributed by atoms with Gasteiger partial charge in [0.25, 0.3) is 5.91 Å². The van der Waals surface area contributed by atoms with Gasteiger partial charge in [0, 0.05) is 11.1 Å². The van der Waals surface area contributed by atoms with E-state index in [1.54, 1.807) is 7.11 Å². The molecule has 0 aliphatic heterocycles. The lowest BCUT2D eigenvalue weighted by molar-refractivity contribution is -0.119. The van der Waals surface area contributed by atoms with Crippen molar-refractivity contribution in [2.24, 2.45) is 0 Å². The number of ether oxygens (including phenoxy) is 2. The maximum Gasteiger partial charge on any atom is 0.339 e. The number of hydrogen-bond acceptors (Lipinski definition) is 5. The van der Waals surface area contributed by atoms with Gasteiger partial charge in [0.2, 0.25) is 0 Å². The van der Waals surface area contributed by atoms with E-state index < -0.39 is 18.5 Å². The highest BCUT2D eigenvalue weighted by atomic mass is 16.5. The summed E-state index contributed by atoms with van der Waals surface area (Å²) in [6.45, 7) is 9.54. The number of rotatable bonds is 5. The lowest BCUT2D eigenvalue weighted by Crippen LogP contribution is -2.22. The summed E-state index contributed by atoms with van der Waals surface area (Å²) in [7, 11) is 1.54. The number of carbonyl (C=O) groups excluding carboxylic acids is 2. The first-order chi connectivity index (χ1) is 14.6. The number of nitrogens with zero attached hydrogens (tertiary/aromatic N) is 1. The molecule has 0 saturated carbocycles. The summed E-state index contributed by atoms with van der Waals surface area (Å²) in [5, 5.41) is 3.49.